The molecule has 4 aromatic heterocycles. The molecule has 0 aliphatic carbocycles. The van der Waals surface area contributed by atoms with E-state index in [1.807, 2.05) is 67.6 Å². The number of rotatable bonds is 8. The number of aromatic amines is 1. The number of hydrogen-bond donors (Lipinski definition) is 2. The maximum atomic E-state index is 12.6. The molecule has 0 unspecified atom stereocenters. The first kappa shape index (κ1) is 25.0. The lowest BCUT2D eigenvalue weighted by atomic mass is 10.1. The van der Waals surface area contributed by atoms with Crippen molar-refractivity contribution in [3.8, 4) is 0 Å². The molecular weight excluding hydrogens is 576 g/mol. The van der Waals surface area contributed by atoms with Crippen molar-refractivity contribution in [3.05, 3.63) is 106 Å². The number of pyridine rings is 1. The summed E-state index contributed by atoms with van der Waals surface area (Å²) in [6.45, 7) is 1.91. The summed E-state index contributed by atoms with van der Waals surface area (Å²) in [7, 11) is 0. The van der Waals surface area contributed by atoms with Crippen LogP contribution in [-0.4, -0.2) is 40.3 Å². The minimum absolute atomic E-state index is 0.104. The van der Waals surface area contributed by atoms with Gasteiger partial charge in [0.1, 0.15) is 16.2 Å². The van der Waals surface area contributed by atoms with E-state index >= 15 is 0 Å². The third kappa shape index (κ3) is 5.74. The molecule has 6 rings (SSSR count). The van der Waals surface area contributed by atoms with Crippen molar-refractivity contribution >= 4 is 67.9 Å². The van der Waals surface area contributed by atoms with Gasteiger partial charge in [0, 0.05) is 23.0 Å². The fourth-order valence-corrected chi connectivity index (χ4v) is 5.01. The predicted octanol–water partition coefficient (Wildman–Crippen LogP) is 6.40. The van der Waals surface area contributed by atoms with E-state index in [4.69, 9.17) is 0 Å². The molecule has 0 saturated carbocycles. The van der Waals surface area contributed by atoms with Crippen LogP contribution in [0.25, 0.3) is 22.9 Å². The molecule has 39 heavy (non-hydrogen) atoms. The summed E-state index contributed by atoms with van der Waals surface area (Å²) in [5, 5.41) is 8.63. The number of hydrogen-bond acceptors (Lipinski definition) is 8. The SMILES string of the molecule is Cc1cc(Nc2ccc(C(=O)/C=C/c3cccc(Br)n3)cc2)n2nc(SCc3nc4ccccc4[nH]3)nc2n1. The van der Waals surface area contributed by atoms with E-state index in [0.29, 0.717) is 27.9 Å². The molecule has 0 amide bonds. The lowest BCUT2D eigenvalue weighted by Crippen LogP contribution is -2.03. The molecule has 2 N–H and O–H groups in total. The van der Waals surface area contributed by atoms with Crippen LogP contribution < -0.4 is 5.32 Å². The number of halogens is 1. The summed E-state index contributed by atoms with van der Waals surface area (Å²) in [5.41, 5.74) is 4.84. The first-order valence-corrected chi connectivity index (χ1v) is 13.8. The van der Waals surface area contributed by atoms with Gasteiger partial charge in [0.2, 0.25) is 5.16 Å². The summed E-state index contributed by atoms with van der Waals surface area (Å²) < 4.78 is 2.40. The van der Waals surface area contributed by atoms with E-state index in [1.54, 1.807) is 22.7 Å². The van der Waals surface area contributed by atoms with Gasteiger partial charge in [-0.1, -0.05) is 30.0 Å². The number of ketones is 1. The van der Waals surface area contributed by atoms with E-state index in [0.717, 1.165) is 38.7 Å². The zero-order valence-electron chi connectivity index (χ0n) is 20.7. The molecule has 0 aliphatic heterocycles. The van der Waals surface area contributed by atoms with Crippen LogP contribution in [0.4, 0.5) is 11.5 Å². The van der Waals surface area contributed by atoms with Gasteiger partial charge in [-0.2, -0.15) is 9.50 Å². The number of para-hydroxylation sites is 2. The Kier molecular flexibility index (Phi) is 6.91. The molecule has 9 nitrogen and oxygen atoms in total. The van der Waals surface area contributed by atoms with E-state index < -0.39 is 0 Å². The number of thioether (sulfide) groups is 1. The minimum Gasteiger partial charge on any atom is -0.341 e. The highest BCUT2D eigenvalue weighted by Crippen LogP contribution is 2.24. The summed E-state index contributed by atoms with van der Waals surface area (Å²) in [4.78, 5) is 34.0. The fourth-order valence-electron chi connectivity index (χ4n) is 3.97. The van der Waals surface area contributed by atoms with Gasteiger partial charge in [-0.15, -0.1) is 5.10 Å². The van der Waals surface area contributed by atoms with Crippen molar-refractivity contribution in [3.63, 3.8) is 0 Å². The maximum absolute atomic E-state index is 12.6. The van der Waals surface area contributed by atoms with E-state index in [-0.39, 0.29) is 5.78 Å². The Morgan fingerprint density at radius 2 is 1.87 bits per heavy atom. The van der Waals surface area contributed by atoms with Crippen molar-refractivity contribution in [2.45, 2.75) is 17.8 Å². The lowest BCUT2D eigenvalue weighted by Gasteiger charge is -2.09. The molecule has 0 radical (unpaired) electrons. The number of imidazole rings is 1. The summed E-state index contributed by atoms with van der Waals surface area (Å²) in [6.07, 6.45) is 3.22. The second kappa shape index (κ2) is 10.8. The Morgan fingerprint density at radius 1 is 1.03 bits per heavy atom. The zero-order chi connectivity index (χ0) is 26.8. The molecule has 192 valence electrons. The normalized spacial score (nSPS) is 11.5. The van der Waals surface area contributed by atoms with Gasteiger partial charge in [0.05, 0.1) is 22.5 Å². The number of benzene rings is 2. The largest absolute Gasteiger partial charge is 0.341 e. The first-order chi connectivity index (χ1) is 19.0. The average molecular weight is 598 g/mol. The molecule has 11 heteroatoms. The monoisotopic (exact) mass is 596 g/mol. The molecule has 0 bridgehead atoms. The predicted molar refractivity (Wildman–Crippen MR) is 156 cm³/mol. The Bertz CT molecular complexity index is 1810. The second-order valence-corrected chi connectivity index (χ2v) is 10.4. The van der Waals surface area contributed by atoms with E-state index in [2.05, 4.69) is 51.3 Å². The van der Waals surface area contributed by atoms with E-state index in [9.17, 15) is 4.79 Å². The van der Waals surface area contributed by atoms with Crippen LogP contribution in [0.2, 0.25) is 0 Å². The quantitative estimate of drug-likeness (QED) is 0.0897. The smallest absolute Gasteiger partial charge is 0.255 e. The number of anilines is 2. The number of nitrogens with zero attached hydrogens (tertiary/aromatic N) is 6. The van der Waals surface area contributed by atoms with Gasteiger partial charge in [-0.3, -0.25) is 4.79 Å². The number of nitrogens with one attached hydrogen (secondary N) is 2. The topological polar surface area (TPSA) is 114 Å². The Hall–Kier alpha value is -4.35. The highest BCUT2D eigenvalue weighted by Gasteiger charge is 2.13. The van der Waals surface area contributed by atoms with Gasteiger partial charge in [0.25, 0.3) is 5.78 Å². The van der Waals surface area contributed by atoms with Crippen LogP contribution in [0.5, 0.6) is 0 Å². The summed E-state index contributed by atoms with van der Waals surface area (Å²) in [5.74, 6) is 2.59. The fraction of sp³-hybridized carbons (Fsp3) is 0.0714. The van der Waals surface area contributed by atoms with Gasteiger partial charge in [-0.25, -0.2) is 15.0 Å². The number of aryl methyl sites for hydroxylation is 1. The van der Waals surface area contributed by atoms with Crippen LogP contribution in [0, 0.1) is 6.92 Å². The standard InChI is InChI=1S/C28H21BrN8OS/c1-17-15-26(32-20-11-9-18(10-12-20)23(38)14-13-19-5-4-8-24(29)31-19)37-27(30-17)35-28(36-37)39-16-25-33-21-6-2-3-7-22(21)34-25/h2-15,32H,16H2,1H3,(H,33,34)/b14-13+. The van der Waals surface area contributed by atoms with Gasteiger partial charge in [-0.05, 0) is 83.5 Å². The number of carbonyl (C=O) groups excluding carboxylic acids is 1. The molecule has 4 heterocycles. The third-order valence-corrected chi connectivity index (χ3v) is 7.07. The highest BCUT2D eigenvalue weighted by atomic mass is 79.9. The Morgan fingerprint density at radius 3 is 2.69 bits per heavy atom. The number of aromatic nitrogens is 7. The van der Waals surface area contributed by atoms with Crippen LogP contribution in [0.15, 0.2) is 88.6 Å². The van der Waals surface area contributed by atoms with Crippen molar-refractivity contribution in [1.29, 1.82) is 0 Å². The average Bonchev–Trinajstić information content (AvgIpc) is 3.54. The summed E-state index contributed by atoms with van der Waals surface area (Å²) in [6, 6.07) is 22.7. The van der Waals surface area contributed by atoms with E-state index in [1.165, 1.54) is 17.8 Å². The first-order valence-electron chi connectivity index (χ1n) is 12.0. The Labute approximate surface area is 236 Å². The number of allylic oxidation sites excluding steroid dienone is 1. The van der Waals surface area contributed by atoms with Gasteiger partial charge in [0.15, 0.2) is 5.78 Å². The molecule has 0 aliphatic rings. The van der Waals surface area contributed by atoms with Crippen LogP contribution in [-0.2, 0) is 5.75 Å². The second-order valence-electron chi connectivity index (χ2n) is 8.66. The molecule has 2 aromatic carbocycles. The maximum Gasteiger partial charge on any atom is 0.255 e. The molecule has 0 saturated heterocycles. The molecular formula is C28H21BrN8OS. The van der Waals surface area contributed by atoms with Crippen molar-refractivity contribution in [2.24, 2.45) is 0 Å². The minimum atomic E-state index is -0.104. The van der Waals surface area contributed by atoms with Gasteiger partial charge < -0.3 is 10.3 Å². The highest BCUT2D eigenvalue weighted by molar-refractivity contribution is 9.10. The third-order valence-electron chi connectivity index (χ3n) is 5.78. The van der Waals surface area contributed by atoms with Crippen LogP contribution >= 0.6 is 27.7 Å². The summed E-state index contributed by atoms with van der Waals surface area (Å²) >= 11 is 4.83. The number of H-pyrrole nitrogens is 1. The molecule has 0 atom stereocenters. The van der Waals surface area contributed by atoms with Crippen molar-refractivity contribution < 1.29 is 4.79 Å². The van der Waals surface area contributed by atoms with Crippen LogP contribution in [0.1, 0.15) is 27.6 Å². The Balaban J connectivity index is 1.16. The number of carbonyl (C=O) groups is 1. The molecule has 0 fully saturated rings. The number of fused-ring (bicyclic) bond motifs is 2. The molecule has 6 aromatic rings. The van der Waals surface area contributed by atoms with Crippen molar-refractivity contribution in [2.75, 3.05) is 5.32 Å². The zero-order valence-corrected chi connectivity index (χ0v) is 23.1. The van der Waals surface area contributed by atoms with Crippen LogP contribution in [0.3, 0.4) is 0 Å². The van der Waals surface area contributed by atoms with Gasteiger partial charge >= 0.3 is 0 Å². The van der Waals surface area contributed by atoms with Crippen molar-refractivity contribution in [1.82, 2.24) is 34.5 Å². The lowest BCUT2D eigenvalue weighted by molar-refractivity contribution is 0.104. The molecule has 0 spiro atoms.